The standard InChI is InChI=1S/C18H18N2O/c21-18(20-11-14-4-1-2-5-15(14)12-20)17-7-3-6-13-10-19-9-8-16(13)17/h1-7,19H,8-12H2. The van der Waals surface area contributed by atoms with Crippen LogP contribution in [0.2, 0.25) is 0 Å². The van der Waals surface area contributed by atoms with Crippen molar-refractivity contribution in [3.63, 3.8) is 0 Å². The minimum absolute atomic E-state index is 0.171. The Balaban J connectivity index is 1.65. The Labute approximate surface area is 124 Å². The lowest BCUT2D eigenvalue weighted by atomic mass is 9.95. The lowest BCUT2D eigenvalue weighted by molar-refractivity contribution is 0.0750. The first-order valence-corrected chi connectivity index (χ1v) is 7.50. The highest BCUT2D eigenvalue weighted by atomic mass is 16.2. The van der Waals surface area contributed by atoms with Crippen LogP contribution < -0.4 is 5.32 Å². The third-order valence-corrected chi connectivity index (χ3v) is 4.50. The molecule has 2 aliphatic rings. The molecular weight excluding hydrogens is 260 g/mol. The molecule has 4 rings (SSSR count). The Morgan fingerprint density at radius 3 is 2.43 bits per heavy atom. The summed E-state index contributed by atoms with van der Waals surface area (Å²) in [6, 6.07) is 14.4. The van der Waals surface area contributed by atoms with Crippen LogP contribution >= 0.6 is 0 Å². The average Bonchev–Trinajstić information content (AvgIpc) is 2.97. The van der Waals surface area contributed by atoms with Crippen molar-refractivity contribution < 1.29 is 4.79 Å². The van der Waals surface area contributed by atoms with Crippen molar-refractivity contribution >= 4 is 5.91 Å². The van der Waals surface area contributed by atoms with Crippen LogP contribution in [0, 0.1) is 0 Å². The number of carbonyl (C=O) groups is 1. The van der Waals surface area contributed by atoms with Crippen LogP contribution in [-0.4, -0.2) is 17.4 Å². The third-order valence-electron chi connectivity index (χ3n) is 4.50. The average molecular weight is 278 g/mol. The Hall–Kier alpha value is -2.13. The van der Waals surface area contributed by atoms with Crippen LogP contribution in [0.4, 0.5) is 0 Å². The molecule has 2 aliphatic heterocycles. The molecule has 106 valence electrons. The number of benzene rings is 2. The van der Waals surface area contributed by atoms with E-state index in [4.69, 9.17) is 0 Å². The molecule has 0 unspecified atom stereocenters. The largest absolute Gasteiger partial charge is 0.330 e. The van der Waals surface area contributed by atoms with E-state index in [2.05, 4.69) is 23.5 Å². The first-order valence-electron chi connectivity index (χ1n) is 7.50. The molecule has 0 fully saturated rings. The van der Waals surface area contributed by atoms with Gasteiger partial charge in [-0.2, -0.15) is 0 Å². The Bertz CT molecular complexity index is 683. The lowest BCUT2D eigenvalue weighted by Gasteiger charge is -2.23. The quantitative estimate of drug-likeness (QED) is 0.869. The third kappa shape index (κ3) is 2.14. The van der Waals surface area contributed by atoms with Gasteiger partial charge in [-0.15, -0.1) is 0 Å². The second-order valence-corrected chi connectivity index (χ2v) is 5.80. The fourth-order valence-electron chi connectivity index (χ4n) is 3.38. The molecule has 0 saturated heterocycles. The number of nitrogens with one attached hydrogen (secondary N) is 1. The van der Waals surface area contributed by atoms with Crippen molar-refractivity contribution in [3.8, 4) is 0 Å². The van der Waals surface area contributed by atoms with Crippen LogP contribution in [0.15, 0.2) is 42.5 Å². The van der Waals surface area contributed by atoms with Crippen molar-refractivity contribution in [2.45, 2.75) is 26.1 Å². The minimum Gasteiger partial charge on any atom is -0.330 e. The molecule has 2 aromatic carbocycles. The maximum absolute atomic E-state index is 12.9. The molecule has 0 spiro atoms. The first kappa shape index (κ1) is 12.6. The highest BCUT2D eigenvalue weighted by Gasteiger charge is 2.26. The molecule has 2 aromatic rings. The number of amides is 1. The highest BCUT2D eigenvalue weighted by Crippen LogP contribution is 2.26. The summed E-state index contributed by atoms with van der Waals surface area (Å²) >= 11 is 0. The Kier molecular flexibility index (Phi) is 3.00. The Morgan fingerprint density at radius 2 is 1.67 bits per heavy atom. The van der Waals surface area contributed by atoms with E-state index in [0.29, 0.717) is 0 Å². The molecule has 1 amide bonds. The summed E-state index contributed by atoms with van der Waals surface area (Å²) in [5.41, 5.74) is 5.94. The summed E-state index contributed by atoms with van der Waals surface area (Å²) in [6.07, 6.45) is 0.942. The molecule has 3 nitrogen and oxygen atoms in total. The van der Waals surface area contributed by atoms with Gasteiger partial charge in [0.15, 0.2) is 0 Å². The normalized spacial score (nSPS) is 16.5. The van der Waals surface area contributed by atoms with Crippen LogP contribution in [-0.2, 0) is 26.1 Å². The van der Waals surface area contributed by atoms with Gasteiger partial charge in [-0.1, -0.05) is 36.4 Å². The van der Waals surface area contributed by atoms with Crippen LogP contribution in [0.1, 0.15) is 32.6 Å². The summed E-state index contributed by atoms with van der Waals surface area (Å²) in [4.78, 5) is 14.9. The second kappa shape index (κ2) is 5.01. The number of nitrogens with zero attached hydrogens (tertiary/aromatic N) is 1. The van der Waals surface area contributed by atoms with Crippen molar-refractivity contribution in [1.29, 1.82) is 0 Å². The predicted molar refractivity (Wildman–Crippen MR) is 81.9 cm³/mol. The smallest absolute Gasteiger partial charge is 0.254 e. The van der Waals surface area contributed by atoms with Gasteiger partial charge in [0.1, 0.15) is 0 Å². The zero-order chi connectivity index (χ0) is 14.2. The first-order chi connectivity index (χ1) is 10.3. The molecule has 0 aromatic heterocycles. The monoisotopic (exact) mass is 278 g/mol. The van der Waals surface area contributed by atoms with E-state index in [0.717, 1.165) is 38.2 Å². The van der Waals surface area contributed by atoms with Crippen molar-refractivity contribution in [1.82, 2.24) is 10.2 Å². The topological polar surface area (TPSA) is 32.3 Å². The van der Waals surface area contributed by atoms with E-state index in [1.54, 1.807) is 0 Å². The highest BCUT2D eigenvalue weighted by molar-refractivity contribution is 5.96. The van der Waals surface area contributed by atoms with Crippen molar-refractivity contribution in [3.05, 3.63) is 70.3 Å². The van der Waals surface area contributed by atoms with E-state index < -0.39 is 0 Å². The molecule has 0 saturated carbocycles. The van der Waals surface area contributed by atoms with Gasteiger partial charge in [0.05, 0.1) is 0 Å². The van der Waals surface area contributed by atoms with Crippen LogP contribution in [0.3, 0.4) is 0 Å². The van der Waals surface area contributed by atoms with E-state index in [9.17, 15) is 4.79 Å². The van der Waals surface area contributed by atoms with Gasteiger partial charge in [0, 0.05) is 25.2 Å². The fourth-order valence-corrected chi connectivity index (χ4v) is 3.38. The number of hydrogen-bond acceptors (Lipinski definition) is 2. The number of carbonyl (C=O) groups excluding carboxylic acids is 1. The van der Waals surface area contributed by atoms with E-state index >= 15 is 0 Å². The van der Waals surface area contributed by atoms with Gasteiger partial charge in [-0.25, -0.2) is 0 Å². The SMILES string of the molecule is O=C(c1cccc2c1CCNC2)N1Cc2ccccc2C1. The summed E-state index contributed by atoms with van der Waals surface area (Å²) in [6.45, 7) is 3.29. The van der Waals surface area contributed by atoms with Gasteiger partial charge < -0.3 is 10.2 Å². The van der Waals surface area contributed by atoms with Gasteiger partial charge >= 0.3 is 0 Å². The Morgan fingerprint density at radius 1 is 0.952 bits per heavy atom. The molecular formula is C18H18N2O. The molecule has 2 heterocycles. The maximum atomic E-state index is 12.9. The van der Waals surface area contributed by atoms with Crippen LogP contribution in [0.5, 0.6) is 0 Å². The maximum Gasteiger partial charge on any atom is 0.254 e. The van der Waals surface area contributed by atoms with Gasteiger partial charge in [-0.3, -0.25) is 4.79 Å². The lowest BCUT2D eigenvalue weighted by Crippen LogP contribution is -2.30. The van der Waals surface area contributed by atoms with E-state index in [1.807, 2.05) is 29.2 Å². The van der Waals surface area contributed by atoms with Gasteiger partial charge in [-0.05, 0) is 41.3 Å². The minimum atomic E-state index is 0.171. The van der Waals surface area contributed by atoms with Crippen LogP contribution in [0.25, 0.3) is 0 Å². The van der Waals surface area contributed by atoms with Crippen molar-refractivity contribution in [2.24, 2.45) is 0 Å². The predicted octanol–water partition coefficient (Wildman–Crippen LogP) is 2.49. The van der Waals surface area contributed by atoms with Crippen molar-refractivity contribution in [2.75, 3.05) is 6.54 Å². The molecule has 0 aliphatic carbocycles. The molecule has 0 bridgehead atoms. The number of fused-ring (bicyclic) bond motifs is 2. The molecule has 21 heavy (non-hydrogen) atoms. The number of hydrogen-bond donors (Lipinski definition) is 1. The molecule has 3 heteroatoms. The molecule has 0 atom stereocenters. The number of rotatable bonds is 1. The summed E-state index contributed by atoms with van der Waals surface area (Å²) in [5.74, 6) is 0.171. The summed E-state index contributed by atoms with van der Waals surface area (Å²) < 4.78 is 0. The fraction of sp³-hybridized carbons (Fsp3) is 0.278. The molecule has 0 radical (unpaired) electrons. The zero-order valence-corrected chi connectivity index (χ0v) is 11.9. The van der Waals surface area contributed by atoms with Gasteiger partial charge in [0.25, 0.3) is 5.91 Å². The summed E-state index contributed by atoms with van der Waals surface area (Å²) in [7, 11) is 0. The zero-order valence-electron chi connectivity index (χ0n) is 11.9. The molecule has 1 N–H and O–H groups in total. The van der Waals surface area contributed by atoms with E-state index in [-0.39, 0.29) is 5.91 Å². The second-order valence-electron chi connectivity index (χ2n) is 5.80. The van der Waals surface area contributed by atoms with Gasteiger partial charge in [0.2, 0.25) is 0 Å². The summed E-state index contributed by atoms with van der Waals surface area (Å²) in [5, 5.41) is 3.37. The van der Waals surface area contributed by atoms with E-state index in [1.165, 1.54) is 22.3 Å².